The zero-order chi connectivity index (χ0) is 94.7. The Morgan fingerprint density at radius 3 is 0.927 bits per heavy atom. The van der Waals surface area contributed by atoms with E-state index in [9.17, 15) is 0 Å². The van der Waals surface area contributed by atoms with Crippen LogP contribution in [0.4, 0.5) is 0 Å². The zero-order valence-corrected chi connectivity index (χ0v) is 82.6. The average Bonchev–Trinajstić information content (AvgIpc) is 0.736. The Morgan fingerprint density at radius 2 is 0.706 bits per heavy atom. The molecule has 0 bridgehead atoms. The normalized spacial score (nSPS) is 16.5. The number of hydrogen-bond acceptors (Lipinski definition) is 0. The molecule has 1 aliphatic rings. The first-order chi connectivity index (χ1) is 52.0. The van der Waals surface area contributed by atoms with Gasteiger partial charge in [0, 0.05) is 12.3 Å². The van der Waals surface area contributed by atoms with E-state index in [1.165, 1.54) is 93.3 Å². The molecule has 0 heteroatoms. The molecule has 0 N–H and O–H groups in total. The van der Waals surface area contributed by atoms with E-state index in [1.807, 2.05) is 13.8 Å². The number of rotatable bonds is 9. The van der Waals surface area contributed by atoms with Crippen LogP contribution in [0.1, 0.15) is 470 Å². The van der Waals surface area contributed by atoms with Crippen molar-refractivity contribution in [2.45, 2.75) is 449 Å². The fourth-order valence-corrected chi connectivity index (χ4v) is 15.4. The van der Waals surface area contributed by atoms with E-state index in [2.05, 4.69) is 396 Å². The first-order valence-corrected chi connectivity index (χ1v) is 43.0. The highest BCUT2D eigenvalue weighted by Crippen LogP contribution is 2.42. The van der Waals surface area contributed by atoms with Gasteiger partial charge < -0.3 is 0 Å². The van der Waals surface area contributed by atoms with Crippen molar-refractivity contribution in [1.29, 1.82) is 0 Å². The molecule has 0 saturated heterocycles. The molecular formula is C109H194. The van der Waals surface area contributed by atoms with Gasteiger partial charge in [-0.1, -0.05) is 441 Å². The highest BCUT2D eigenvalue weighted by atomic mass is 14.4. The molecule has 1 aliphatic carbocycles. The van der Waals surface area contributed by atoms with Crippen molar-refractivity contribution < 1.29 is 12.3 Å². The molecule has 5 aromatic rings. The largest absolute Gasteiger partial charge is 0.0651 e. The van der Waals surface area contributed by atoms with Gasteiger partial charge in [0.05, 0.1) is 0 Å². The van der Waals surface area contributed by atoms with Crippen LogP contribution < -0.4 is 0 Å². The van der Waals surface area contributed by atoms with Gasteiger partial charge in [0.25, 0.3) is 0 Å². The molecule has 2 atom stereocenters. The number of benzene rings is 5. The fraction of sp³-hybridized carbons (Fsp3) is 0.725. The van der Waals surface area contributed by atoms with Crippen molar-refractivity contribution in [2.24, 2.45) is 68.4 Å². The summed E-state index contributed by atoms with van der Waals surface area (Å²) in [5.74, 6) is 0.773. The minimum Gasteiger partial charge on any atom is -0.0651 e. The van der Waals surface area contributed by atoms with Gasteiger partial charge in [0.1, 0.15) is 0 Å². The van der Waals surface area contributed by atoms with Gasteiger partial charge in [-0.25, -0.2) is 0 Å². The molecule has 5 aromatic carbocycles. The van der Waals surface area contributed by atoms with Gasteiger partial charge in [0.15, 0.2) is 0 Å². The molecule has 1 saturated carbocycles. The van der Waals surface area contributed by atoms with Gasteiger partial charge in [-0.15, -0.1) is 0 Å². The summed E-state index contributed by atoms with van der Waals surface area (Å²) in [7, 11) is 0. The first-order valence-electron chi connectivity index (χ1n) is 47.5. The van der Waals surface area contributed by atoms with Crippen molar-refractivity contribution >= 4 is 0 Å². The smallest absolute Gasteiger partial charge is 0.0311 e. The van der Waals surface area contributed by atoms with E-state index in [4.69, 9.17) is 12.3 Å². The Bertz CT molecular complexity index is 3550. The van der Waals surface area contributed by atoms with Crippen molar-refractivity contribution in [3.63, 3.8) is 0 Å². The maximum atomic E-state index is 8.27. The minimum absolute atomic E-state index is 0.0469. The van der Waals surface area contributed by atoms with Crippen LogP contribution in [0.3, 0.4) is 0 Å². The van der Waals surface area contributed by atoms with E-state index in [0.29, 0.717) is 23.7 Å². The maximum Gasteiger partial charge on any atom is 0.0311 e. The van der Waals surface area contributed by atoms with Gasteiger partial charge in [-0.3, -0.25) is 0 Å². The second-order valence-electron chi connectivity index (χ2n) is 44.8. The minimum atomic E-state index is -2.64. The molecule has 0 amide bonds. The van der Waals surface area contributed by atoms with E-state index < -0.39 is 24.5 Å². The van der Waals surface area contributed by atoms with Crippen molar-refractivity contribution in [2.75, 3.05) is 0 Å². The van der Waals surface area contributed by atoms with Gasteiger partial charge >= 0.3 is 0 Å². The van der Waals surface area contributed by atoms with Crippen LogP contribution in [0.15, 0.2) is 91.0 Å². The topological polar surface area (TPSA) is 0 Å². The zero-order valence-electron chi connectivity index (χ0n) is 91.6. The van der Waals surface area contributed by atoms with Gasteiger partial charge in [-0.05, 0) is 251 Å². The molecule has 1 fully saturated rings. The first kappa shape index (κ1) is 92.3. The Balaban J connectivity index is -0.00000127. The van der Waals surface area contributed by atoms with Crippen molar-refractivity contribution in [3.8, 4) is 0 Å². The van der Waals surface area contributed by atoms with Gasteiger partial charge in [-0.2, -0.15) is 0 Å². The third-order valence-electron chi connectivity index (χ3n) is 21.2. The second kappa shape index (κ2) is 46.6. The molecule has 109 heavy (non-hydrogen) atoms. The number of aryl methyl sites for hydroxylation is 5. The van der Waals surface area contributed by atoms with Crippen LogP contribution in [0, 0.1) is 103 Å². The molecule has 0 heterocycles. The molecule has 0 nitrogen and oxygen atoms in total. The molecular weight excluding hydrogens is 1310 g/mol. The van der Waals surface area contributed by atoms with Crippen LogP contribution in [0.5, 0.6) is 0 Å². The molecule has 6 rings (SSSR count). The molecule has 0 radical (unpaired) electrons. The number of hydrogen-bond donors (Lipinski definition) is 0. The molecule has 2 unspecified atom stereocenters. The van der Waals surface area contributed by atoms with Crippen LogP contribution >= 0.6 is 0 Å². The standard InChI is InChI=1S/C18H30.C16H26.2C13H20.C12H18.C10H20.C10H22.C9H20.C8H18/c1-13(2)11-15-9-8-10-16(12-14(3)4)17(15)18(5,6)7;1-11(2)13-9-8-10-14(12(3)4)15(13)16(5,6)7;1-9-7-10(2)12(11(3)8-9)13(4,5)6;1-10(2)11-8-6-7-9-12(11)13(3,4)5;1-9-7-6-8-10(2)11(9)12(3,4)5;1-10(2,3)9-7-5-4-6-8-9;1-8(9(2,3)4)10(5,6)7;1-7(2)8(3)9(4,5)6;1-6-7(2)8(3,4)5/h8-10,13-14H,11-12H2,1-7H3;8-12H,1-7H3;7-8H,1-6H3;6-10H,1-5H3;6-8H,1-5H3;9H,4-8H2,1-3H3;8H,1-7H3;7-8H,1-6H3;7H,6H2,1-5H3/i;;;;;9D;2*8D;2D3,6D2,7D. The lowest BCUT2D eigenvalue weighted by Gasteiger charge is -2.38. The Kier molecular flexibility index (Phi) is 39.4. The van der Waals surface area contributed by atoms with Crippen molar-refractivity contribution in [1.82, 2.24) is 0 Å². The molecule has 630 valence electrons. The highest BCUT2D eigenvalue weighted by molar-refractivity contribution is 5.45. The predicted octanol–water partition coefficient (Wildman–Crippen LogP) is 36.0. The Hall–Kier alpha value is -3.90. The third-order valence-corrected chi connectivity index (χ3v) is 21.2. The Labute approximate surface area is 700 Å². The fourth-order valence-electron chi connectivity index (χ4n) is 15.4. The van der Waals surface area contributed by atoms with Crippen LogP contribution in [-0.4, -0.2) is 0 Å². The second-order valence-corrected chi connectivity index (χ2v) is 44.8. The predicted molar refractivity (Wildman–Crippen MR) is 505 cm³/mol. The summed E-state index contributed by atoms with van der Waals surface area (Å²) in [6.07, 6.45) is 6.40. The summed E-state index contributed by atoms with van der Waals surface area (Å²) in [4.78, 5) is 0. The Morgan fingerprint density at radius 1 is 0.376 bits per heavy atom. The molecule has 0 aromatic heterocycles. The van der Waals surface area contributed by atoms with E-state index >= 15 is 0 Å². The van der Waals surface area contributed by atoms with E-state index in [-0.39, 0.29) is 66.4 Å². The van der Waals surface area contributed by atoms with Crippen LogP contribution in [0.2, 0.25) is 0 Å². The third kappa shape index (κ3) is 42.9. The lowest BCUT2D eigenvalue weighted by atomic mass is 9.68. The van der Waals surface area contributed by atoms with Crippen LogP contribution in [0.25, 0.3) is 0 Å². The van der Waals surface area contributed by atoms with Gasteiger partial charge in [0.2, 0.25) is 0 Å². The highest BCUT2D eigenvalue weighted by Gasteiger charge is 2.32. The quantitative estimate of drug-likeness (QED) is 0.138. The summed E-state index contributed by atoms with van der Waals surface area (Å²) >= 11 is 0. The van der Waals surface area contributed by atoms with Crippen molar-refractivity contribution in [3.05, 3.63) is 174 Å². The maximum absolute atomic E-state index is 8.27. The average molecular weight is 1510 g/mol. The summed E-state index contributed by atoms with van der Waals surface area (Å²) in [5, 5.41) is 0. The molecule has 0 spiro atoms. The summed E-state index contributed by atoms with van der Waals surface area (Å²) in [6.45, 7) is 106. The van der Waals surface area contributed by atoms with E-state index in [1.54, 1.807) is 43.0 Å². The summed E-state index contributed by atoms with van der Waals surface area (Å²) < 4.78 is 69.4. The lowest BCUT2D eigenvalue weighted by molar-refractivity contribution is 0.121. The van der Waals surface area contributed by atoms with Crippen LogP contribution in [-0.2, 0) is 39.9 Å². The lowest BCUT2D eigenvalue weighted by Crippen LogP contribution is -2.29. The SMILES string of the molecule is CC(C)Cc1cccc(CC(C)C)c1C(C)(C)C.CC(C)c1cccc(C(C)C)c1C(C)(C)C.CC(C)c1ccccc1C(C)(C)C.Cc1cc(C)c(C(C)(C)C)c(C)c1.Cc1cccc(C)c1C(C)(C)C.[2H]C(C)(C(C)(C)C)C(C)(C)C.[2H]C(C)(C(C)C)C(C)(C)C.[2H]C([2H])([2H])C([2H])(C([2H])([2H])C)C(C)(C)C.[2H]C1(C(C)(C)C)CCCCC1. The molecule has 0 aliphatic heterocycles. The summed E-state index contributed by atoms with van der Waals surface area (Å²) in [5.41, 5.74) is 22.9. The monoisotopic (exact) mass is 1510 g/mol. The van der Waals surface area contributed by atoms with E-state index in [0.717, 1.165) is 31.6 Å². The summed E-state index contributed by atoms with van der Waals surface area (Å²) in [6, 6.07) is 33.5.